The zero-order valence-corrected chi connectivity index (χ0v) is 10.3. The number of rotatable bonds is 4. The minimum absolute atomic E-state index is 0.464. The van der Waals surface area contributed by atoms with Crippen molar-refractivity contribution >= 4 is 11.6 Å². The first kappa shape index (κ1) is 13.1. The fraction of sp³-hybridized carbons (Fsp3) is 0.385. The predicted molar refractivity (Wildman–Crippen MR) is 65.4 cm³/mol. The molecule has 16 heavy (non-hydrogen) atoms. The van der Waals surface area contributed by atoms with E-state index in [-0.39, 0.29) is 0 Å². The third-order valence-corrected chi connectivity index (χ3v) is 2.03. The average molecular weight is 239 g/mol. The molecule has 0 unspecified atom stereocenters. The molecule has 3 heteroatoms. The lowest BCUT2D eigenvalue weighted by Gasteiger charge is -2.09. The third-order valence-electron chi connectivity index (χ3n) is 1.80. The average Bonchev–Trinajstić information content (AvgIpc) is 2.27. The van der Waals surface area contributed by atoms with Gasteiger partial charge in [-0.15, -0.1) is 0 Å². The van der Waals surface area contributed by atoms with Gasteiger partial charge in [0.15, 0.2) is 0 Å². The summed E-state index contributed by atoms with van der Waals surface area (Å²) in [5, 5.41) is 0.677. The lowest BCUT2D eigenvalue weighted by Crippen LogP contribution is -2.14. The molecule has 0 heterocycles. The van der Waals surface area contributed by atoms with Crippen LogP contribution < -0.4 is 0 Å². The molecule has 1 rings (SSSR count). The third kappa shape index (κ3) is 4.67. The molecule has 0 aliphatic rings. The van der Waals surface area contributed by atoms with E-state index in [1.165, 1.54) is 0 Å². The van der Waals surface area contributed by atoms with Crippen LogP contribution in [0, 0.1) is 11.8 Å². The van der Waals surface area contributed by atoms with Crippen molar-refractivity contribution in [3.05, 3.63) is 34.9 Å². The summed E-state index contributed by atoms with van der Waals surface area (Å²) >= 11 is 5.85. The summed E-state index contributed by atoms with van der Waals surface area (Å²) in [6.45, 7) is 4.98. The molecule has 86 valence electrons. The first-order valence-electron chi connectivity index (χ1n) is 5.26. The Morgan fingerprint density at radius 2 is 1.94 bits per heavy atom. The molecule has 1 aromatic rings. The van der Waals surface area contributed by atoms with Crippen molar-refractivity contribution in [3.63, 3.8) is 0 Å². The van der Waals surface area contributed by atoms with E-state index in [0.717, 1.165) is 5.56 Å². The Labute approximate surface area is 102 Å². The number of halogens is 1. The predicted octanol–water partition coefficient (Wildman–Crippen LogP) is 3.09. The fourth-order valence-electron chi connectivity index (χ4n) is 1.14. The van der Waals surface area contributed by atoms with Crippen molar-refractivity contribution in [2.24, 2.45) is 0 Å². The molecule has 0 N–H and O–H groups in total. The van der Waals surface area contributed by atoms with Crippen LogP contribution in [0.4, 0.5) is 0 Å². The van der Waals surface area contributed by atoms with Gasteiger partial charge < -0.3 is 9.47 Å². The zero-order valence-electron chi connectivity index (χ0n) is 9.50. The normalized spacial score (nSPS) is 10.0. The minimum atomic E-state index is -0.464. The lowest BCUT2D eigenvalue weighted by molar-refractivity contribution is -0.0969. The van der Waals surface area contributed by atoms with Gasteiger partial charge in [0, 0.05) is 23.8 Å². The van der Waals surface area contributed by atoms with Crippen LogP contribution >= 0.6 is 11.6 Å². The topological polar surface area (TPSA) is 18.5 Å². The molecular weight excluding hydrogens is 224 g/mol. The van der Waals surface area contributed by atoms with E-state index in [1.807, 2.05) is 38.1 Å². The van der Waals surface area contributed by atoms with E-state index >= 15 is 0 Å². The standard InChI is InChI=1S/C13H15ClO2/c1-3-15-13(16-4-2)9-8-11-6-5-7-12(14)10-11/h5-7,10,13H,3-4H2,1-2H3. The van der Waals surface area contributed by atoms with Gasteiger partial charge in [-0.05, 0) is 38.0 Å². The first-order valence-corrected chi connectivity index (χ1v) is 5.64. The lowest BCUT2D eigenvalue weighted by atomic mass is 10.2. The highest BCUT2D eigenvalue weighted by atomic mass is 35.5. The van der Waals surface area contributed by atoms with Crippen molar-refractivity contribution < 1.29 is 9.47 Å². The van der Waals surface area contributed by atoms with E-state index in [1.54, 1.807) is 0 Å². The van der Waals surface area contributed by atoms with Crippen molar-refractivity contribution in [1.82, 2.24) is 0 Å². The van der Waals surface area contributed by atoms with Gasteiger partial charge in [0.25, 0.3) is 0 Å². The monoisotopic (exact) mass is 238 g/mol. The molecule has 0 aromatic heterocycles. The van der Waals surface area contributed by atoms with E-state index in [4.69, 9.17) is 21.1 Å². The maximum Gasteiger partial charge on any atom is 0.222 e. The van der Waals surface area contributed by atoms with Gasteiger partial charge in [0.05, 0.1) is 0 Å². The Kier molecular flexibility index (Phi) is 5.95. The van der Waals surface area contributed by atoms with Crippen molar-refractivity contribution in [3.8, 4) is 11.8 Å². The molecule has 0 aliphatic heterocycles. The maximum atomic E-state index is 5.85. The maximum absolute atomic E-state index is 5.85. The van der Waals surface area contributed by atoms with Gasteiger partial charge in [0.1, 0.15) is 0 Å². The number of hydrogen-bond donors (Lipinski definition) is 0. The molecule has 0 bridgehead atoms. The molecule has 0 fully saturated rings. The fourth-order valence-corrected chi connectivity index (χ4v) is 1.33. The van der Waals surface area contributed by atoms with Crippen LogP contribution in [0.5, 0.6) is 0 Å². The number of hydrogen-bond acceptors (Lipinski definition) is 2. The van der Waals surface area contributed by atoms with Crippen LogP contribution in [-0.4, -0.2) is 19.5 Å². The van der Waals surface area contributed by atoms with Crippen LogP contribution in [0.3, 0.4) is 0 Å². The van der Waals surface area contributed by atoms with E-state index < -0.39 is 6.29 Å². The van der Waals surface area contributed by atoms with E-state index in [2.05, 4.69) is 11.8 Å². The van der Waals surface area contributed by atoms with Crippen LogP contribution in [0.1, 0.15) is 19.4 Å². The van der Waals surface area contributed by atoms with Crippen LogP contribution in [0.2, 0.25) is 5.02 Å². The van der Waals surface area contributed by atoms with Crippen molar-refractivity contribution in [2.45, 2.75) is 20.1 Å². The molecule has 0 amide bonds. The van der Waals surface area contributed by atoms with E-state index in [0.29, 0.717) is 18.2 Å². The zero-order chi connectivity index (χ0) is 11.8. The van der Waals surface area contributed by atoms with Crippen molar-refractivity contribution in [2.75, 3.05) is 13.2 Å². The van der Waals surface area contributed by atoms with Gasteiger partial charge >= 0.3 is 0 Å². The first-order chi connectivity index (χ1) is 7.76. The molecule has 0 radical (unpaired) electrons. The van der Waals surface area contributed by atoms with E-state index in [9.17, 15) is 0 Å². The van der Waals surface area contributed by atoms with Crippen LogP contribution in [-0.2, 0) is 9.47 Å². The molecule has 0 saturated heterocycles. The Morgan fingerprint density at radius 3 is 2.50 bits per heavy atom. The molecular formula is C13H15ClO2. The Hall–Kier alpha value is -1.01. The summed E-state index contributed by atoms with van der Waals surface area (Å²) in [4.78, 5) is 0. The highest BCUT2D eigenvalue weighted by Gasteiger charge is 2.01. The molecule has 1 aromatic carbocycles. The van der Waals surface area contributed by atoms with Gasteiger partial charge in [-0.1, -0.05) is 23.6 Å². The number of ether oxygens (including phenoxy) is 2. The molecule has 2 nitrogen and oxygen atoms in total. The van der Waals surface area contributed by atoms with Crippen LogP contribution in [0.25, 0.3) is 0 Å². The van der Waals surface area contributed by atoms with Crippen molar-refractivity contribution in [1.29, 1.82) is 0 Å². The summed E-state index contributed by atoms with van der Waals surface area (Å²) in [7, 11) is 0. The highest BCUT2D eigenvalue weighted by molar-refractivity contribution is 6.30. The van der Waals surface area contributed by atoms with Crippen LogP contribution in [0.15, 0.2) is 24.3 Å². The highest BCUT2D eigenvalue weighted by Crippen LogP contribution is 2.09. The summed E-state index contributed by atoms with van der Waals surface area (Å²) < 4.78 is 10.6. The summed E-state index contributed by atoms with van der Waals surface area (Å²) in [6, 6.07) is 7.38. The van der Waals surface area contributed by atoms with Gasteiger partial charge in [-0.3, -0.25) is 0 Å². The Bertz CT molecular complexity index is 373. The quantitative estimate of drug-likeness (QED) is 0.593. The van der Waals surface area contributed by atoms with Gasteiger partial charge in [-0.25, -0.2) is 0 Å². The number of benzene rings is 1. The largest absolute Gasteiger partial charge is 0.342 e. The van der Waals surface area contributed by atoms with Gasteiger partial charge in [-0.2, -0.15) is 0 Å². The smallest absolute Gasteiger partial charge is 0.222 e. The second kappa shape index (κ2) is 7.29. The minimum Gasteiger partial charge on any atom is -0.342 e. The summed E-state index contributed by atoms with van der Waals surface area (Å²) in [5.41, 5.74) is 0.858. The molecule has 0 aliphatic carbocycles. The Balaban J connectivity index is 2.69. The second-order valence-electron chi connectivity index (χ2n) is 3.02. The summed E-state index contributed by atoms with van der Waals surface area (Å²) in [6.07, 6.45) is -0.464. The molecule has 0 spiro atoms. The summed E-state index contributed by atoms with van der Waals surface area (Å²) in [5.74, 6) is 5.88. The Morgan fingerprint density at radius 1 is 1.25 bits per heavy atom. The van der Waals surface area contributed by atoms with Gasteiger partial charge in [0.2, 0.25) is 6.29 Å². The second-order valence-corrected chi connectivity index (χ2v) is 3.46. The molecule has 0 saturated carbocycles. The molecule has 0 atom stereocenters. The SMILES string of the molecule is CCOC(C#Cc1cccc(Cl)c1)OCC.